The van der Waals surface area contributed by atoms with Gasteiger partial charge in [0.15, 0.2) is 18.1 Å². The molecule has 3 rings (SSSR count). The fraction of sp³-hybridized carbons (Fsp3) is 0.417. The van der Waals surface area contributed by atoms with Gasteiger partial charge in [-0.2, -0.15) is 0 Å². The number of nitrogens with two attached hydrogens (primary N) is 1. The van der Waals surface area contributed by atoms with E-state index in [9.17, 15) is 14.0 Å². The fourth-order valence-electron chi connectivity index (χ4n) is 3.96. The van der Waals surface area contributed by atoms with Gasteiger partial charge in [0.1, 0.15) is 5.82 Å². The molecule has 1 unspecified atom stereocenters. The van der Waals surface area contributed by atoms with Gasteiger partial charge in [0.2, 0.25) is 0 Å². The molecule has 1 fully saturated rings. The van der Waals surface area contributed by atoms with Crippen molar-refractivity contribution in [2.24, 2.45) is 5.73 Å². The number of hydrogen-bond donors (Lipinski definition) is 2. The van der Waals surface area contributed by atoms with E-state index in [1.807, 2.05) is 6.92 Å². The van der Waals surface area contributed by atoms with E-state index in [4.69, 9.17) is 26.8 Å². The summed E-state index contributed by atoms with van der Waals surface area (Å²) in [6.07, 6.45) is 0. The molecular formula is C24H30ClFN4O4. The molecule has 2 aromatic carbocycles. The SMILES string of the molecule is CCN1CCN(c2ccc(F)cc2C(C)NC(=O)c2cc(Cl)c(OCC(N)=O)c(OC)c2)CC1. The van der Waals surface area contributed by atoms with Crippen LogP contribution < -0.4 is 25.4 Å². The maximum Gasteiger partial charge on any atom is 0.255 e. The quantitative estimate of drug-likeness (QED) is 0.558. The van der Waals surface area contributed by atoms with Crippen LogP contribution in [0.15, 0.2) is 30.3 Å². The van der Waals surface area contributed by atoms with E-state index in [0.29, 0.717) is 5.56 Å². The molecule has 0 saturated carbocycles. The van der Waals surface area contributed by atoms with Crippen molar-refractivity contribution in [1.29, 1.82) is 0 Å². The monoisotopic (exact) mass is 492 g/mol. The molecule has 1 atom stereocenters. The number of benzene rings is 2. The highest BCUT2D eigenvalue weighted by Crippen LogP contribution is 2.37. The summed E-state index contributed by atoms with van der Waals surface area (Å²) < 4.78 is 24.7. The van der Waals surface area contributed by atoms with Gasteiger partial charge < -0.3 is 30.3 Å². The summed E-state index contributed by atoms with van der Waals surface area (Å²) in [5.74, 6) is -1.15. The lowest BCUT2D eigenvalue weighted by Gasteiger charge is -2.37. The molecule has 8 nitrogen and oxygen atoms in total. The van der Waals surface area contributed by atoms with Gasteiger partial charge in [0.25, 0.3) is 11.8 Å². The second kappa shape index (κ2) is 11.4. The number of ether oxygens (including phenoxy) is 2. The summed E-state index contributed by atoms with van der Waals surface area (Å²) in [6.45, 7) is 8.06. The van der Waals surface area contributed by atoms with E-state index in [1.54, 1.807) is 6.07 Å². The van der Waals surface area contributed by atoms with E-state index in [-0.39, 0.29) is 34.5 Å². The Morgan fingerprint density at radius 1 is 1.21 bits per heavy atom. The number of methoxy groups -OCH3 is 1. The third-order valence-corrected chi connectivity index (χ3v) is 6.10. The molecule has 1 aliphatic heterocycles. The van der Waals surface area contributed by atoms with Crippen molar-refractivity contribution < 1.29 is 23.5 Å². The average molecular weight is 493 g/mol. The molecular weight excluding hydrogens is 463 g/mol. The molecule has 0 spiro atoms. The molecule has 2 amide bonds. The zero-order chi connectivity index (χ0) is 24.8. The molecule has 1 heterocycles. The summed E-state index contributed by atoms with van der Waals surface area (Å²) in [4.78, 5) is 28.6. The van der Waals surface area contributed by atoms with E-state index >= 15 is 0 Å². The number of nitrogens with zero attached hydrogens (tertiary/aromatic N) is 2. The number of halogens is 2. The number of amides is 2. The summed E-state index contributed by atoms with van der Waals surface area (Å²) in [6, 6.07) is 7.06. The van der Waals surface area contributed by atoms with Crippen molar-refractivity contribution in [3.05, 3.63) is 52.3 Å². The first-order chi connectivity index (χ1) is 16.2. The number of nitrogens with one attached hydrogen (secondary N) is 1. The van der Waals surface area contributed by atoms with E-state index < -0.39 is 17.9 Å². The Balaban J connectivity index is 1.80. The predicted molar refractivity (Wildman–Crippen MR) is 129 cm³/mol. The minimum absolute atomic E-state index is 0.0960. The number of hydrogen-bond acceptors (Lipinski definition) is 6. The average Bonchev–Trinajstić information content (AvgIpc) is 2.82. The highest BCUT2D eigenvalue weighted by atomic mass is 35.5. The van der Waals surface area contributed by atoms with Gasteiger partial charge in [0, 0.05) is 43.0 Å². The fourth-order valence-corrected chi connectivity index (χ4v) is 4.22. The van der Waals surface area contributed by atoms with Crippen LogP contribution in [-0.4, -0.2) is 63.2 Å². The molecule has 1 saturated heterocycles. The van der Waals surface area contributed by atoms with Crippen molar-refractivity contribution in [1.82, 2.24) is 10.2 Å². The number of rotatable bonds is 9. The minimum Gasteiger partial charge on any atom is -0.493 e. The largest absolute Gasteiger partial charge is 0.493 e. The first kappa shape index (κ1) is 25.6. The minimum atomic E-state index is -0.671. The lowest BCUT2D eigenvalue weighted by atomic mass is 10.0. The van der Waals surface area contributed by atoms with E-state index in [0.717, 1.165) is 38.4 Å². The Bertz CT molecular complexity index is 1040. The molecule has 1 aliphatic rings. The van der Waals surface area contributed by atoms with Gasteiger partial charge in [-0.05, 0) is 43.8 Å². The van der Waals surface area contributed by atoms with Crippen LogP contribution in [0.1, 0.15) is 35.8 Å². The van der Waals surface area contributed by atoms with Gasteiger partial charge in [-0.1, -0.05) is 18.5 Å². The second-order valence-electron chi connectivity index (χ2n) is 8.06. The molecule has 2 aromatic rings. The Hall–Kier alpha value is -3.04. The number of piperazine rings is 1. The highest BCUT2D eigenvalue weighted by Gasteiger charge is 2.23. The van der Waals surface area contributed by atoms with Crippen LogP contribution in [0.5, 0.6) is 11.5 Å². The summed E-state index contributed by atoms with van der Waals surface area (Å²) in [5, 5.41) is 3.01. The molecule has 184 valence electrons. The smallest absolute Gasteiger partial charge is 0.255 e. The lowest BCUT2D eigenvalue weighted by molar-refractivity contribution is -0.119. The number of carbonyl (C=O) groups is 2. The molecule has 34 heavy (non-hydrogen) atoms. The second-order valence-corrected chi connectivity index (χ2v) is 8.47. The summed E-state index contributed by atoms with van der Waals surface area (Å²) in [7, 11) is 1.39. The Kier molecular flexibility index (Phi) is 8.57. The number of anilines is 1. The lowest BCUT2D eigenvalue weighted by Crippen LogP contribution is -2.46. The van der Waals surface area contributed by atoms with Gasteiger partial charge >= 0.3 is 0 Å². The maximum absolute atomic E-state index is 14.2. The zero-order valence-corrected chi connectivity index (χ0v) is 20.3. The molecule has 0 aliphatic carbocycles. The van der Waals surface area contributed by atoms with Crippen molar-refractivity contribution in [2.75, 3.05) is 51.3 Å². The van der Waals surface area contributed by atoms with Crippen LogP contribution >= 0.6 is 11.6 Å². The van der Waals surface area contributed by atoms with Crippen LogP contribution in [0.25, 0.3) is 0 Å². The van der Waals surface area contributed by atoms with Crippen molar-refractivity contribution in [2.45, 2.75) is 19.9 Å². The van der Waals surface area contributed by atoms with Gasteiger partial charge in [-0.3, -0.25) is 9.59 Å². The van der Waals surface area contributed by atoms with Gasteiger partial charge in [0.05, 0.1) is 18.2 Å². The van der Waals surface area contributed by atoms with Crippen LogP contribution in [-0.2, 0) is 4.79 Å². The Labute approximate surface area is 203 Å². The van der Waals surface area contributed by atoms with Crippen molar-refractivity contribution >= 4 is 29.1 Å². The molecule has 3 N–H and O–H groups in total. The van der Waals surface area contributed by atoms with Crippen LogP contribution in [0.4, 0.5) is 10.1 Å². The first-order valence-electron chi connectivity index (χ1n) is 11.1. The van der Waals surface area contributed by atoms with E-state index in [2.05, 4.69) is 22.0 Å². The third-order valence-electron chi connectivity index (χ3n) is 5.81. The normalized spacial score (nSPS) is 15.0. The molecule has 0 bridgehead atoms. The Morgan fingerprint density at radius 2 is 1.91 bits per heavy atom. The number of primary amides is 1. The zero-order valence-electron chi connectivity index (χ0n) is 19.6. The summed E-state index contributed by atoms with van der Waals surface area (Å²) in [5.41, 5.74) is 6.94. The van der Waals surface area contributed by atoms with Gasteiger partial charge in [-0.25, -0.2) is 4.39 Å². The number of carbonyl (C=O) groups excluding carboxylic acids is 2. The first-order valence-corrected chi connectivity index (χ1v) is 11.5. The molecule has 10 heteroatoms. The number of likely N-dealkylation sites (N-methyl/N-ethyl adjacent to an activating group) is 1. The van der Waals surface area contributed by atoms with Crippen LogP contribution in [0.3, 0.4) is 0 Å². The van der Waals surface area contributed by atoms with Crippen LogP contribution in [0.2, 0.25) is 5.02 Å². The third kappa shape index (κ3) is 6.09. The van der Waals surface area contributed by atoms with Crippen molar-refractivity contribution in [3.63, 3.8) is 0 Å². The Morgan fingerprint density at radius 3 is 2.53 bits per heavy atom. The van der Waals surface area contributed by atoms with Gasteiger partial charge in [-0.15, -0.1) is 0 Å². The molecule has 0 aromatic heterocycles. The topological polar surface area (TPSA) is 97.1 Å². The highest BCUT2D eigenvalue weighted by molar-refractivity contribution is 6.32. The van der Waals surface area contributed by atoms with E-state index in [1.165, 1.54) is 31.4 Å². The van der Waals surface area contributed by atoms with Crippen LogP contribution in [0, 0.1) is 5.82 Å². The maximum atomic E-state index is 14.2. The standard InChI is InChI=1S/C24H30ClFN4O4/c1-4-29-7-9-30(10-8-29)20-6-5-17(26)13-18(20)15(2)28-24(32)16-11-19(25)23(21(12-16)33-3)34-14-22(27)31/h5-6,11-13,15H,4,7-10,14H2,1-3H3,(H2,27,31)(H,28,32). The summed E-state index contributed by atoms with van der Waals surface area (Å²) >= 11 is 6.27. The predicted octanol–water partition coefficient (Wildman–Crippen LogP) is 2.98. The molecule has 0 radical (unpaired) electrons. The van der Waals surface area contributed by atoms with Crippen molar-refractivity contribution in [3.8, 4) is 11.5 Å².